The van der Waals surface area contributed by atoms with Crippen LogP contribution in [0.2, 0.25) is 5.02 Å². The van der Waals surface area contributed by atoms with Crippen LogP contribution < -0.4 is 14.8 Å². The molecule has 2 aromatic carbocycles. The summed E-state index contributed by atoms with van der Waals surface area (Å²) in [4.78, 5) is 2.37. The summed E-state index contributed by atoms with van der Waals surface area (Å²) in [6.45, 7) is 11.1. The van der Waals surface area contributed by atoms with Crippen molar-refractivity contribution < 1.29 is 9.47 Å². The predicted octanol–water partition coefficient (Wildman–Crippen LogP) is 4.61. The normalized spacial score (nSPS) is 16.1. The Morgan fingerprint density at radius 3 is 2.64 bits per heavy atom. The van der Waals surface area contributed by atoms with Gasteiger partial charge < -0.3 is 19.7 Å². The first kappa shape index (κ1) is 21.0. The van der Waals surface area contributed by atoms with E-state index in [2.05, 4.69) is 55.3 Å². The van der Waals surface area contributed by atoms with E-state index < -0.39 is 0 Å². The molecule has 0 aliphatic carbocycles. The molecule has 1 aliphatic heterocycles. The second-order valence-electron chi connectivity index (χ2n) is 7.24. The topological polar surface area (TPSA) is 33.7 Å². The number of aryl methyl sites for hydroxylation is 1. The van der Waals surface area contributed by atoms with Crippen molar-refractivity contribution in [1.29, 1.82) is 0 Å². The molecule has 0 aromatic heterocycles. The van der Waals surface area contributed by atoms with E-state index in [1.54, 1.807) is 7.11 Å². The molecule has 0 bridgehead atoms. The second kappa shape index (κ2) is 9.64. The van der Waals surface area contributed by atoms with Crippen LogP contribution in [0.15, 0.2) is 30.3 Å². The van der Waals surface area contributed by atoms with Crippen molar-refractivity contribution in [2.75, 3.05) is 39.9 Å². The van der Waals surface area contributed by atoms with Gasteiger partial charge in [0.15, 0.2) is 0 Å². The van der Waals surface area contributed by atoms with Gasteiger partial charge in [0.1, 0.15) is 18.1 Å². The minimum atomic E-state index is 0.0702. The maximum absolute atomic E-state index is 6.44. The molecular formula is C23H31ClN2O2. The molecule has 0 amide bonds. The largest absolute Gasteiger partial charge is 0.495 e. The third-order valence-electron chi connectivity index (χ3n) is 5.47. The van der Waals surface area contributed by atoms with Gasteiger partial charge in [0.2, 0.25) is 0 Å². The number of methoxy groups -OCH3 is 1. The van der Waals surface area contributed by atoms with E-state index in [4.69, 9.17) is 21.1 Å². The van der Waals surface area contributed by atoms with Crippen LogP contribution in [0.1, 0.15) is 42.1 Å². The molecule has 1 aliphatic rings. The van der Waals surface area contributed by atoms with Crippen LogP contribution in [0.4, 0.5) is 0 Å². The van der Waals surface area contributed by atoms with Crippen LogP contribution in [0.25, 0.3) is 0 Å². The van der Waals surface area contributed by atoms with Crippen molar-refractivity contribution >= 4 is 11.6 Å². The SMILES string of the molecule is CCN(CC)CCOc1ccc2c(c1)CCNC2c1cc(C)cc(Cl)c1OC. The van der Waals surface area contributed by atoms with Crippen LogP contribution in [0, 0.1) is 6.92 Å². The summed E-state index contributed by atoms with van der Waals surface area (Å²) in [5.41, 5.74) is 4.81. The van der Waals surface area contributed by atoms with Gasteiger partial charge in [-0.3, -0.25) is 0 Å². The highest BCUT2D eigenvalue weighted by atomic mass is 35.5. The molecule has 2 aromatic rings. The van der Waals surface area contributed by atoms with Gasteiger partial charge in [-0.15, -0.1) is 0 Å². The fraction of sp³-hybridized carbons (Fsp3) is 0.478. The smallest absolute Gasteiger partial charge is 0.142 e. The lowest BCUT2D eigenvalue weighted by atomic mass is 9.88. The van der Waals surface area contributed by atoms with E-state index in [9.17, 15) is 0 Å². The molecule has 0 saturated heterocycles. The average molecular weight is 403 g/mol. The highest BCUT2D eigenvalue weighted by molar-refractivity contribution is 6.32. The van der Waals surface area contributed by atoms with Gasteiger partial charge in [0.25, 0.3) is 0 Å². The summed E-state index contributed by atoms with van der Waals surface area (Å²) >= 11 is 6.44. The standard InChI is InChI=1S/C23H31ClN2O2/c1-5-26(6-2)11-12-28-18-7-8-19-17(15-18)9-10-25-22(19)20-13-16(3)14-21(24)23(20)27-4/h7-8,13-15,22,25H,5-6,9-12H2,1-4H3. The molecule has 0 radical (unpaired) electrons. The van der Waals surface area contributed by atoms with Crippen molar-refractivity contribution in [3.8, 4) is 11.5 Å². The molecule has 0 fully saturated rings. The number of ether oxygens (including phenoxy) is 2. The van der Waals surface area contributed by atoms with Crippen LogP contribution in [-0.2, 0) is 6.42 Å². The minimum absolute atomic E-state index is 0.0702. The highest BCUT2D eigenvalue weighted by Gasteiger charge is 2.25. The molecular weight excluding hydrogens is 372 g/mol. The number of fused-ring (bicyclic) bond motifs is 1. The van der Waals surface area contributed by atoms with Gasteiger partial charge >= 0.3 is 0 Å². The molecule has 3 rings (SSSR count). The number of halogens is 1. The molecule has 0 saturated carbocycles. The van der Waals surface area contributed by atoms with Gasteiger partial charge in [0, 0.05) is 18.7 Å². The van der Waals surface area contributed by atoms with E-state index in [0.717, 1.165) is 55.2 Å². The molecule has 1 atom stereocenters. The fourth-order valence-electron chi connectivity index (χ4n) is 3.93. The molecule has 1 N–H and O–H groups in total. The van der Waals surface area contributed by atoms with Gasteiger partial charge in [-0.2, -0.15) is 0 Å². The molecule has 28 heavy (non-hydrogen) atoms. The predicted molar refractivity (Wildman–Crippen MR) is 116 cm³/mol. The minimum Gasteiger partial charge on any atom is -0.495 e. The number of benzene rings is 2. The Morgan fingerprint density at radius 2 is 1.93 bits per heavy atom. The van der Waals surface area contributed by atoms with Crippen molar-refractivity contribution in [3.05, 3.63) is 57.6 Å². The Hall–Kier alpha value is -1.75. The zero-order chi connectivity index (χ0) is 20.1. The van der Waals surface area contributed by atoms with E-state index in [0.29, 0.717) is 11.6 Å². The number of likely N-dealkylation sites (N-methyl/N-ethyl adjacent to an activating group) is 1. The zero-order valence-electron chi connectivity index (χ0n) is 17.3. The Morgan fingerprint density at radius 1 is 1.14 bits per heavy atom. The van der Waals surface area contributed by atoms with Crippen LogP contribution in [0.5, 0.6) is 11.5 Å². The lowest BCUT2D eigenvalue weighted by Gasteiger charge is -2.29. The number of hydrogen-bond donors (Lipinski definition) is 1. The summed E-state index contributed by atoms with van der Waals surface area (Å²) in [5.74, 6) is 1.69. The number of hydrogen-bond acceptors (Lipinski definition) is 4. The number of rotatable bonds is 8. The van der Waals surface area contributed by atoms with Crippen molar-refractivity contribution in [1.82, 2.24) is 10.2 Å². The maximum Gasteiger partial charge on any atom is 0.142 e. The van der Waals surface area contributed by atoms with E-state index in [-0.39, 0.29) is 6.04 Å². The third kappa shape index (κ3) is 4.62. The Bertz CT molecular complexity index is 805. The van der Waals surface area contributed by atoms with Gasteiger partial charge in [0.05, 0.1) is 18.2 Å². The molecule has 1 unspecified atom stereocenters. The average Bonchev–Trinajstić information content (AvgIpc) is 2.70. The maximum atomic E-state index is 6.44. The number of nitrogens with one attached hydrogen (secondary N) is 1. The van der Waals surface area contributed by atoms with Crippen LogP contribution in [-0.4, -0.2) is 44.8 Å². The van der Waals surface area contributed by atoms with Gasteiger partial charge in [-0.1, -0.05) is 37.6 Å². The second-order valence-corrected chi connectivity index (χ2v) is 7.65. The summed E-state index contributed by atoms with van der Waals surface area (Å²) in [6.07, 6.45) is 0.987. The quantitative estimate of drug-likeness (QED) is 0.698. The molecule has 0 spiro atoms. The zero-order valence-corrected chi connectivity index (χ0v) is 18.1. The fourth-order valence-corrected chi connectivity index (χ4v) is 4.29. The van der Waals surface area contributed by atoms with Gasteiger partial charge in [-0.05, 0) is 61.3 Å². The molecule has 152 valence electrons. The van der Waals surface area contributed by atoms with E-state index in [1.165, 1.54) is 11.1 Å². The summed E-state index contributed by atoms with van der Waals surface area (Å²) in [7, 11) is 1.68. The van der Waals surface area contributed by atoms with Crippen LogP contribution in [0.3, 0.4) is 0 Å². The summed E-state index contributed by atoms with van der Waals surface area (Å²) < 4.78 is 11.6. The van der Waals surface area contributed by atoms with E-state index >= 15 is 0 Å². The summed E-state index contributed by atoms with van der Waals surface area (Å²) in [5, 5.41) is 4.28. The number of nitrogens with zero attached hydrogens (tertiary/aromatic N) is 1. The first-order valence-electron chi connectivity index (χ1n) is 10.1. The first-order chi connectivity index (χ1) is 13.6. The van der Waals surface area contributed by atoms with Crippen LogP contribution >= 0.6 is 11.6 Å². The monoisotopic (exact) mass is 402 g/mol. The molecule has 5 heteroatoms. The Labute approximate surface area is 173 Å². The lowest BCUT2D eigenvalue weighted by molar-refractivity contribution is 0.222. The Kier molecular flexibility index (Phi) is 7.22. The van der Waals surface area contributed by atoms with E-state index in [1.807, 2.05) is 6.07 Å². The molecule has 1 heterocycles. The molecule has 4 nitrogen and oxygen atoms in total. The first-order valence-corrected chi connectivity index (χ1v) is 10.5. The van der Waals surface area contributed by atoms with Crippen molar-refractivity contribution in [2.24, 2.45) is 0 Å². The van der Waals surface area contributed by atoms with Crippen molar-refractivity contribution in [2.45, 2.75) is 33.2 Å². The summed E-state index contributed by atoms with van der Waals surface area (Å²) in [6, 6.07) is 10.6. The highest BCUT2D eigenvalue weighted by Crippen LogP contribution is 2.39. The third-order valence-corrected chi connectivity index (χ3v) is 5.75. The van der Waals surface area contributed by atoms with Gasteiger partial charge in [-0.25, -0.2) is 0 Å². The lowest BCUT2D eigenvalue weighted by Crippen LogP contribution is -2.31. The Balaban J connectivity index is 1.82. The van der Waals surface area contributed by atoms with Crippen molar-refractivity contribution in [3.63, 3.8) is 0 Å².